The number of benzene rings is 10. The minimum atomic E-state index is -0.404. The number of rotatable bonds is 4. The summed E-state index contributed by atoms with van der Waals surface area (Å²) in [6, 6.07) is 67.4. The highest BCUT2D eigenvalue weighted by molar-refractivity contribution is 6.29. The molecule has 0 bridgehead atoms. The third kappa shape index (κ3) is 4.89. The second-order valence-electron chi connectivity index (χ2n) is 15.0. The molecule has 12 rings (SSSR count). The summed E-state index contributed by atoms with van der Waals surface area (Å²) in [5.74, 6) is 0. The van der Waals surface area contributed by atoms with Gasteiger partial charge in [0, 0.05) is 38.7 Å². The predicted octanol–water partition coefficient (Wildman–Crippen LogP) is 14.2. The van der Waals surface area contributed by atoms with Crippen LogP contribution in [-0.4, -0.2) is 5.71 Å². The minimum Gasteiger partial charge on any atom is -0.455 e. The maximum atomic E-state index is 7.16. The summed E-state index contributed by atoms with van der Waals surface area (Å²) in [5.41, 5.74) is 9.15. The molecule has 1 unspecified atom stereocenters. The molecule has 0 saturated heterocycles. The molecule has 1 N–H and O–H groups in total. The van der Waals surface area contributed by atoms with Gasteiger partial charge in [-0.25, -0.2) is 0 Å². The first-order valence-corrected chi connectivity index (χ1v) is 19.6. The van der Waals surface area contributed by atoms with Gasteiger partial charge in [0.15, 0.2) is 0 Å². The Labute approximate surface area is 328 Å². The van der Waals surface area contributed by atoms with E-state index in [1.807, 2.05) is 0 Å². The van der Waals surface area contributed by atoms with Crippen molar-refractivity contribution in [1.82, 2.24) is 5.32 Å². The zero-order valence-electron chi connectivity index (χ0n) is 30.9. The Hall–Kier alpha value is -7.49. The van der Waals surface area contributed by atoms with Crippen molar-refractivity contribution >= 4 is 87.2 Å². The van der Waals surface area contributed by atoms with E-state index < -0.39 is 6.17 Å². The summed E-state index contributed by atoms with van der Waals surface area (Å²) in [6.45, 7) is 0. The molecule has 1 aromatic heterocycles. The molecule has 3 heteroatoms. The predicted molar refractivity (Wildman–Crippen MR) is 240 cm³/mol. The van der Waals surface area contributed by atoms with Crippen LogP contribution in [0.4, 0.5) is 0 Å². The number of furan rings is 1. The molecule has 1 aliphatic rings. The van der Waals surface area contributed by atoms with Gasteiger partial charge < -0.3 is 9.73 Å². The highest BCUT2D eigenvalue weighted by atomic mass is 16.3. The van der Waals surface area contributed by atoms with Crippen molar-refractivity contribution in [2.75, 3.05) is 0 Å². The topological polar surface area (TPSA) is 37.5 Å². The minimum absolute atomic E-state index is 0.404. The van der Waals surface area contributed by atoms with Gasteiger partial charge in [-0.05, 0) is 65.5 Å². The number of hydrogen-bond donors (Lipinski definition) is 1. The van der Waals surface area contributed by atoms with Crippen molar-refractivity contribution in [2.24, 2.45) is 4.99 Å². The van der Waals surface area contributed by atoms with Gasteiger partial charge in [-0.1, -0.05) is 188 Å². The molecular weight excluding hydrogens is 693 g/mol. The zero-order valence-corrected chi connectivity index (χ0v) is 30.9. The lowest BCUT2D eigenvalue weighted by Gasteiger charge is -2.26. The fraction of sp³-hybridized carbons (Fsp3) is 0.0185. The molecule has 0 fully saturated rings. The van der Waals surface area contributed by atoms with E-state index >= 15 is 0 Å². The monoisotopic (exact) mass is 726 g/mol. The summed E-state index contributed by atoms with van der Waals surface area (Å²) < 4.78 is 7.16. The Morgan fingerprint density at radius 3 is 1.53 bits per heavy atom. The lowest BCUT2D eigenvalue weighted by atomic mass is 9.89. The Morgan fingerprint density at radius 1 is 0.368 bits per heavy atom. The van der Waals surface area contributed by atoms with E-state index in [2.05, 4.69) is 199 Å². The van der Waals surface area contributed by atoms with E-state index in [0.717, 1.165) is 61.2 Å². The first kappa shape index (κ1) is 31.8. The highest BCUT2D eigenvalue weighted by Gasteiger charge is 2.26. The largest absolute Gasteiger partial charge is 0.455 e. The van der Waals surface area contributed by atoms with Gasteiger partial charge in [0.25, 0.3) is 0 Å². The van der Waals surface area contributed by atoms with E-state index in [9.17, 15) is 0 Å². The molecule has 11 aromatic rings. The molecule has 3 nitrogen and oxygen atoms in total. The summed E-state index contributed by atoms with van der Waals surface area (Å²) in [6.07, 6.45) is 1.81. The van der Waals surface area contributed by atoms with Gasteiger partial charge >= 0.3 is 0 Å². The van der Waals surface area contributed by atoms with Crippen LogP contribution in [0.15, 0.2) is 204 Å². The van der Waals surface area contributed by atoms with Crippen molar-refractivity contribution in [1.29, 1.82) is 0 Å². The quantitative estimate of drug-likeness (QED) is 0.183. The second kappa shape index (κ2) is 12.5. The average molecular weight is 727 g/mol. The molecule has 0 saturated carbocycles. The molecule has 10 aromatic carbocycles. The molecule has 1 atom stereocenters. The molecule has 0 amide bonds. The Balaban J connectivity index is 1.08. The first-order chi connectivity index (χ1) is 28.3. The van der Waals surface area contributed by atoms with Crippen LogP contribution in [0.25, 0.3) is 92.6 Å². The summed E-state index contributed by atoms with van der Waals surface area (Å²) in [7, 11) is 0. The number of nitrogens with zero attached hydrogens (tertiary/aromatic N) is 1. The van der Waals surface area contributed by atoms with E-state index in [0.29, 0.717) is 0 Å². The fourth-order valence-corrected chi connectivity index (χ4v) is 9.34. The molecular formula is C54H34N2O. The molecule has 57 heavy (non-hydrogen) atoms. The number of nitrogens with one attached hydrogen (secondary N) is 1. The third-order valence-electron chi connectivity index (χ3n) is 11.9. The van der Waals surface area contributed by atoms with Gasteiger partial charge in [-0.2, -0.15) is 0 Å². The van der Waals surface area contributed by atoms with Crippen LogP contribution in [-0.2, 0) is 0 Å². The molecule has 1 aliphatic heterocycles. The normalized spacial score (nSPS) is 14.5. The fourth-order valence-electron chi connectivity index (χ4n) is 9.34. The van der Waals surface area contributed by atoms with Crippen LogP contribution < -0.4 is 5.32 Å². The van der Waals surface area contributed by atoms with Crippen LogP contribution >= 0.6 is 0 Å². The standard InChI is InChI=1S/C54H34N2O/c1-3-18-35-33(14-1)16-9-24-40(35)49-32-50(41-25-10-17-34-15-2-4-19-36(34)41)56-54(55-49)48-31-13-30-47-46-29-12-28-45(52(46)57-53(47)48)44-27-11-26-43-39-21-6-5-20-37(39)38-22-7-8-23-42(38)51(43)44/h1-32,54-55H. The molecule has 0 aliphatic carbocycles. The Bertz CT molecular complexity index is 3460. The van der Waals surface area contributed by atoms with Crippen LogP contribution in [0.1, 0.15) is 22.9 Å². The van der Waals surface area contributed by atoms with E-state index in [-0.39, 0.29) is 0 Å². The number of para-hydroxylation sites is 2. The van der Waals surface area contributed by atoms with Gasteiger partial charge in [0.2, 0.25) is 0 Å². The third-order valence-corrected chi connectivity index (χ3v) is 11.9. The van der Waals surface area contributed by atoms with Gasteiger partial charge in [-0.3, -0.25) is 4.99 Å². The van der Waals surface area contributed by atoms with Crippen molar-refractivity contribution in [3.05, 3.63) is 211 Å². The van der Waals surface area contributed by atoms with Crippen molar-refractivity contribution in [3.63, 3.8) is 0 Å². The first-order valence-electron chi connectivity index (χ1n) is 19.6. The van der Waals surface area contributed by atoms with Crippen LogP contribution in [0, 0.1) is 0 Å². The maximum Gasteiger partial charge on any atom is 0.149 e. The average Bonchev–Trinajstić information content (AvgIpc) is 3.68. The van der Waals surface area contributed by atoms with Crippen LogP contribution in [0.5, 0.6) is 0 Å². The van der Waals surface area contributed by atoms with E-state index in [1.54, 1.807) is 0 Å². The smallest absolute Gasteiger partial charge is 0.149 e. The lowest BCUT2D eigenvalue weighted by molar-refractivity contribution is 0.625. The van der Waals surface area contributed by atoms with Gasteiger partial charge in [0.1, 0.15) is 17.3 Å². The van der Waals surface area contributed by atoms with Crippen LogP contribution in [0.2, 0.25) is 0 Å². The number of allylic oxidation sites excluding steroid dienone is 1. The van der Waals surface area contributed by atoms with E-state index in [4.69, 9.17) is 9.41 Å². The van der Waals surface area contributed by atoms with E-state index in [1.165, 1.54) is 53.9 Å². The molecule has 266 valence electrons. The second-order valence-corrected chi connectivity index (χ2v) is 15.0. The molecule has 2 heterocycles. The van der Waals surface area contributed by atoms with Crippen molar-refractivity contribution < 1.29 is 4.42 Å². The Morgan fingerprint density at radius 2 is 0.825 bits per heavy atom. The maximum absolute atomic E-state index is 7.16. The SMILES string of the molecule is C1=C(c2cccc3ccccc23)NC(c2cccc3c2oc2c(-c4cccc5c6ccccc6c6ccccc6c45)cccc23)N=C1c1cccc2ccccc12. The van der Waals surface area contributed by atoms with Crippen molar-refractivity contribution in [3.8, 4) is 11.1 Å². The highest BCUT2D eigenvalue weighted by Crippen LogP contribution is 2.45. The van der Waals surface area contributed by atoms with Crippen molar-refractivity contribution in [2.45, 2.75) is 6.17 Å². The van der Waals surface area contributed by atoms with Gasteiger partial charge in [-0.15, -0.1) is 0 Å². The number of aliphatic imine (C=N–C) groups is 1. The number of fused-ring (bicyclic) bond motifs is 11. The number of hydrogen-bond acceptors (Lipinski definition) is 3. The summed E-state index contributed by atoms with van der Waals surface area (Å²) in [4.78, 5) is 5.50. The molecule has 0 spiro atoms. The lowest BCUT2D eigenvalue weighted by Crippen LogP contribution is -2.25. The van der Waals surface area contributed by atoms with Crippen LogP contribution in [0.3, 0.4) is 0 Å². The Kier molecular flexibility index (Phi) is 6.99. The zero-order chi connectivity index (χ0) is 37.5. The summed E-state index contributed by atoms with van der Waals surface area (Å²) >= 11 is 0. The molecule has 0 radical (unpaired) electrons. The summed E-state index contributed by atoms with van der Waals surface area (Å²) in [5, 5.41) is 18.3. The van der Waals surface area contributed by atoms with Gasteiger partial charge in [0.05, 0.1) is 5.71 Å².